The van der Waals surface area contributed by atoms with Crippen LogP contribution in [-0.2, 0) is 4.74 Å². The molecule has 60 valence electrons. The molecule has 0 aliphatic rings. The van der Waals surface area contributed by atoms with Crippen molar-refractivity contribution in [2.75, 3.05) is 6.61 Å². The molecule has 0 spiro atoms. The van der Waals surface area contributed by atoms with E-state index in [9.17, 15) is 4.79 Å². The fourth-order valence-corrected chi connectivity index (χ4v) is 0.430. The van der Waals surface area contributed by atoms with E-state index in [0.29, 0.717) is 6.61 Å². The lowest BCUT2D eigenvalue weighted by atomic mass is 10.3. The second-order valence-electron chi connectivity index (χ2n) is 2.57. The summed E-state index contributed by atoms with van der Waals surface area (Å²) in [5.74, 6) is 0. The van der Waals surface area contributed by atoms with Gasteiger partial charge in [-0.15, -0.1) is 0 Å². The summed E-state index contributed by atoms with van der Waals surface area (Å²) in [4.78, 5) is 10.6. The Hall–Kier alpha value is -0.770. The lowest BCUT2D eigenvalue weighted by molar-refractivity contribution is 0.142. The maximum Gasteiger partial charge on any atom is 0.408 e. The zero-order chi connectivity index (χ0) is 8.20. The topological polar surface area (TPSA) is 64.3 Å². The van der Waals surface area contributed by atoms with Crippen molar-refractivity contribution in [1.82, 2.24) is 5.32 Å². The van der Waals surface area contributed by atoms with E-state index in [0.717, 1.165) is 0 Å². The molecule has 0 bridgehead atoms. The van der Waals surface area contributed by atoms with Gasteiger partial charge < -0.3 is 15.8 Å². The second kappa shape index (κ2) is 3.41. The average molecular weight is 146 g/mol. The summed E-state index contributed by atoms with van der Waals surface area (Å²) in [5.41, 5.74) is 4.75. The summed E-state index contributed by atoms with van der Waals surface area (Å²) >= 11 is 0. The van der Waals surface area contributed by atoms with E-state index >= 15 is 0 Å². The van der Waals surface area contributed by atoms with Crippen molar-refractivity contribution in [3.63, 3.8) is 0 Å². The summed E-state index contributed by atoms with van der Waals surface area (Å²) in [6.07, 6.45) is -0.477. The molecule has 0 saturated carbocycles. The van der Waals surface area contributed by atoms with Crippen LogP contribution < -0.4 is 11.1 Å². The van der Waals surface area contributed by atoms with E-state index in [1.165, 1.54) is 0 Å². The Labute approximate surface area is 60.7 Å². The van der Waals surface area contributed by atoms with E-state index in [2.05, 4.69) is 10.1 Å². The minimum absolute atomic E-state index is 0.363. The van der Waals surface area contributed by atoms with E-state index in [-0.39, 0.29) is 0 Å². The number of amides is 1. The van der Waals surface area contributed by atoms with E-state index < -0.39 is 11.8 Å². The molecule has 0 atom stereocenters. The first kappa shape index (κ1) is 9.23. The van der Waals surface area contributed by atoms with Crippen molar-refractivity contribution < 1.29 is 9.53 Å². The highest BCUT2D eigenvalue weighted by atomic mass is 16.5. The number of carbonyl (C=O) groups is 1. The number of hydrogen-bond acceptors (Lipinski definition) is 3. The Kier molecular flexibility index (Phi) is 3.15. The quantitative estimate of drug-likeness (QED) is 0.555. The molecular weight excluding hydrogens is 132 g/mol. The number of alkyl carbamates (subject to hydrolysis) is 1. The Morgan fingerprint density at radius 2 is 2.20 bits per heavy atom. The van der Waals surface area contributed by atoms with Crippen LogP contribution in [0.1, 0.15) is 20.8 Å². The van der Waals surface area contributed by atoms with Gasteiger partial charge in [0.25, 0.3) is 0 Å². The lowest BCUT2D eigenvalue weighted by Crippen LogP contribution is -2.50. The van der Waals surface area contributed by atoms with Crippen molar-refractivity contribution in [3.8, 4) is 0 Å². The van der Waals surface area contributed by atoms with Gasteiger partial charge in [-0.25, -0.2) is 4.79 Å². The third kappa shape index (κ3) is 5.37. The van der Waals surface area contributed by atoms with Gasteiger partial charge in [0.1, 0.15) is 0 Å². The first-order valence-corrected chi connectivity index (χ1v) is 3.19. The Bertz CT molecular complexity index is 117. The molecule has 0 rings (SSSR count). The molecule has 0 aliphatic carbocycles. The molecule has 0 fully saturated rings. The van der Waals surface area contributed by atoms with Crippen LogP contribution in [0.3, 0.4) is 0 Å². The van der Waals surface area contributed by atoms with E-state index in [4.69, 9.17) is 5.73 Å². The van der Waals surface area contributed by atoms with Gasteiger partial charge in [-0.05, 0) is 20.8 Å². The maximum absolute atomic E-state index is 10.6. The third-order valence-electron chi connectivity index (χ3n) is 0.700. The monoisotopic (exact) mass is 146 g/mol. The minimum Gasteiger partial charge on any atom is -0.450 e. The average Bonchev–Trinajstić information content (AvgIpc) is 1.59. The summed E-state index contributed by atoms with van der Waals surface area (Å²) in [6.45, 7) is 5.47. The van der Waals surface area contributed by atoms with Gasteiger partial charge in [0.2, 0.25) is 0 Å². The number of carbonyl (C=O) groups excluding carboxylic acids is 1. The van der Waals surface area contributed by atoms with Gasteiger partial charge in [0.05, 0.1) is 12.3 Å². The SMILES string of the molecule is CCOC(=O)NC(C)(C)N. The van der Waals surface area contributed by atoms with Crippen molar-refractivity contribution in [2.24, 2.45) is 5.73 Å². The van der Waals surface area contributed by atoms with Crippen LogP contribution in [0, 0.1) is 0 Å². The highest BCUT2D eigenvalue weighted by Crippen LogP contribution is 1.90. The summed E-state index contributed by atoms with van der Waals surface area (Å²) in [7, 11) is 0. The van der Waals surface area contributed by atoms with Crippen LogP contribution in [0.2, 0.25) is 0 Å². The predicted octanol–water partition coefficient (Wildman–Crippen LogP) is 0.427. The molecule has 4 nitrogen and oxygen atoms in total. The minimum atomic E-state index is -0.702. The van der Waals surface area contributed by atoms with Gasteiger partial charge in [-0.1, -0.05) is 0 Å². The first-order chi connectivity index (χ1) is 4.45. The van der Waals surface area contributed by atoms with Crippen LogP contribution in [0.4, 0.5) is 4.79 Å². The van der Waals surface area contributed by atoms with Crippen molar-refractivity contribution in [2.45, 2.75) is 26.4 Å². The molecule has 0 radical (unpaired) electrons. The van der Waals surface area contributed by atoms with Gasteiger partial charge in [0.15, 0.2) is 0 Å². The summed E-state index contributed by atoms with van der Waals surface area (Å²) in [6, 6.07) is 0. The Morgan fingerprint density at radius 3 is 2.50 bits per heavy atom. The van der Waals surface area contributed by atoms with Gasteiger partial charge >= 0.3 is 6.09 Å². The molecule has 0 unspecified atom stereocenters. The standard InChI is InChI=1S/C6H14N2O2/c1-4-10-5(9)8-6(2,3)7/h4,7H2,1-3H3,(H,8,9). The van der Waals surface area contributed by atoms with Crippen LogP contribution >= 0.6 is 0 Å². The normalized spacial score (nSPS) is 10.8. The lowest BCUT2D eigenvalue weighted by Gasteiger charge is -2.19. The van der Waals surface area contributed by atoms with Crippen LogP contribution in [0.15, 0.2) is 0 Å². The molecule has 0 saturated heterocycles. The molecule has 3 N–H and O–H groups in total. The van der Waals surface area contributed by atoms with E-state index in [1.807, 2.05) is 0 Å². The van der Waals surface area contributed by atoms with Gasteiger partial charge in [-0.3, -0.25) is 0 Å². The summed E-state index contributed by atoms with van der Waals surface area (Å²) in [5, 5.41) is 2.44. The van der Waals surface area contributed by atoms with Crippen molar-refractivity contribution in [3.05, 3.63) is 0 Å². The van der Waals surface area contributed by atoms with Crippen molar-refractivity contribution >= 4 is 6.09 Å². The molecule has 0 aliphatic heterocycles. The Balaban J connectivity index is 3.58. The van der Waals surface area contributed by atoms with Crippen LogP contribution in [0.5, 0.6) is 0 Å². The van der Waals surface area contributed by atoms with Crippen LogP contribution in [-0.4, -0.2) is 18.4 Å². The highest BCUT2D eigenvalue weighted by Gasteiger charge is 2.13. The number of nitrogens with one attached hydrogen (secondary N) is 1. The molecule has 0 aromatic carbocycles. The number of ether oxygens (including phenoxy) is 1. The van der Waals surface area contributed by atoms with Crippen molar-refractivity contribution in [1.29, 1.82) is 0 Å². The predicted molar refractivity (Wildman–Crippen MR) is 38.4 cm³/mol. The second-order valence-corrected chi connectivity index (χ2v) is 2.57. The Morgan fingerprint density at radius 1 is 1.70 bits per heavy atom. The number of nitrogens with two attached hydrogens (primary N) is 1. The fraction of sp³-hybridized carbons (Fsp3) is 0.833. The van der Waals surface area contributed by atoms with Crippen LogP contribution in [0.25, 0.3) is 0 Å². The number of hydrogen-bond donors (Lipinski definition) is 2. The number of rotatable bonds is 2. The third-order valence-corrected chi connectivity index (χ3v) is 0.700. The fourth-order valence-electron chi connectivity index (χ4n) is 0.430. The zero-order valence-corrected chi connectivity index (χ0v) is 6.60. The molecule has 4 heteroatoms. The molecule has 0 aromatic rings. The first-order valence-electron chi connectivity index (χ1n) is 3.19. The zero-order valence-electron chi connectivity index (χ0n) is 6.60. The van der Waals surface area contributed by atoms with E-state index in [1.54, 1.807) is 20.8 Å². The molecular formula is C6H14N2O2. The smallest absolute Gasteiger partial charge is 0.408 e. The highest BCUT2D eigenvalue weighted by molar-refractivity contribution is 5.67. The maximum atomic E-state index is 10.6. The van der Waals surface area contributed by atoms with Gasteiger partial charge in [-0.2, -0.15) is 0 Å². The molecule has 0 heterocycles. The summed E-state index contributed by atoms with van der Waals surface area (Å²) < 4.78 is 4.59. The molecule has 1 amide bonds. The van der Waals surface area contributed by atoms with Gasteiger partial charge in [0, 0.05) is 0 Å². The molecule has 0 aromatic heterocycles. The molecule has 10 heavy (non-hydrogen) atoms. The largest absolute Gasteiger partial charge is 0.450 e.